The van der Waals surface area contributed by atoms with Crippen LogP contribution in [-0.4, -0.2) is 45.7 Å². The zero-order chi connectivity index (χ0) is 20.2. The van der Waals surface area contributed by atoms with Crippen LogP contribution in [0.3, 0.4) is 0 Å². The second kappa shape index (κ2) is 8.40. The van der Waals surface area contributed by atoms with Gasteiger partial charge >= 0.3 is 0 Å². The predicted molar refractivity (Wildman–Crippen MR) is 110 cm³/mol. The third kappa shape index (κ3) is 3.97. The summed E-state index contributed by atoms with van der Waals surface area (Å²) in [5.74, 6) is -0.670. The highest BCUT2D eigenvalue weighted by atomic mass is 32.1. The first-order valence-corrected chi connectivity index (χ1v) is 10.3. The van der Waals surface area contributed by atoms with Crippen LogP contribution in [0.15, 0.2) is 48.1 Å². The molecule has 0 atom stereocenters. The number of H-pyrrole nitrogens is 1. The number of benzene rings is 1. The molecule has 1 aliphatic rings. The van der Waals surface area contributed by atoms with E-state index in [4.69, 9.17) is 0 Å². The molecular weight excluding hydrogens is 388 g/mol. The molecule has 0 fully saturated rings. The molecule has 7 nitrogen and oxygen atoms in total. The third-order valence-corrected chi connectivity index (χ3v) is 5.71. The van der Waals surface area contributed by atoms with Crippen molar-refractivity contribution in [3.63, 3.8) is 0 Å². The van der Waals surface area contributed by atoms with E-state index in [9.17, 15) is 14.4 Å². The van der Waals surface area contributed by atoms with Gasteiger partial charge in [-0.05, 0) is 30.0 Å². The van der Waals surface area contributed by atoms with Crippen LogP contribution in [0, 0.1) is 0 Å². The Morgan fingerprint density at radius 1 is 1.10 bits per heavy atom. The molecule has 8 heteroatoms. The average molecular weight is 408 g/mol. The molecule has 0 aliphatic carbocycles. The molecular formula is C21H20N4O3S. The summed E-state index contributed by atoms with van der Waals surface area (Å²) in [5.41, 5.74) is 2.77. The first-order chi connectivity index (χ1) is 14.1. The lowest BCUT2D eigenvalue weighted by Crippen LogP contribution is -2.32. The number of hydrogen-bond acceptors (Lipinski definition) is 5. The summed E-state index contributed by atoms with van der Waals surface area (Å²) in [6.45, 7) is 0.731. The van der Waals surface area contributed by atoms with Gasteiger partial charge < -0.3 is 10.3 Å². The maximum Gasteiger partial charge on any atom is 0.261 e. The molecule has 0 unspecified atom stereocenters. The molecule has 0 radical (unpaired) electrons. The summed E-state index contributed by atoms with van der Waals surface area (Å²) < 4.78 is 0. The van der Waals surface area contributed by atoms with Crippen LogP contribution in [0.5, 0.6) is 0 Å². The summed E-state index contributed by atoms with van der Waals surface area (Å²) in [6.07, 6.45) is 3.00. The topological polar surface area (TPSA) is 95.2 Å². The molecule has 0 bridgehead atoms. The van der Waals surface area contributed by atoms with E-state index in [1.807, 2.05) is 17.5 Å². The zero-order valence-electron chi connectivity index (χ0n) is 15.7. The maximum absolute atomic E-state index is 12.3. The normalized spacial score (nSPS) is 13.0. The van der Waals surface area contributed by atoms with Crippen molar-refractivity contribution in [2.75, 3.05) is 13.1 Å². The van der Waals surface area contributed by atoms with E-state index in [-0.39, 0.29) is 30.7 Å². The summed E-state index contributed by atoms with van der Waals surface area (Å²) in [4.78, 5) is 46.5. The Kier molecular flexibility index (Phi) is 5.53. The predicted octanol–water partition coefficient (Wildman–Crippen LogP) is 2.87. The van der Waals surface area contributed by atoms with Crippen molar-refractivity contribution in [2.24, 2.45) is 0 Å². The number of nitrogens with zero attached hydrogens (tertiary/aromatic N) is 2. The van der Waals surface area contributed by atoms with Crippen LogP contribution in [-0.2, 0) is 11.2 Å². The molecule has 2 aromatic heterocycles. The van der Waals surface area contributed by atoms with Crippen LogP contribution in [0.4, 0.5) is 0 Å². The maximum atomic E-state index is 12.3. The van der Waals surface area contributed by atoms with Gasteiger partial charge in [0, 0.05) is 31.6 Å². The zero-order valence-corrected chi connectivity index (χ0v) is 16.5. The van der Waals surface area contributed by atoms with Gasteiger partial charge in [0.25, 0.3) is 11.8 Å². The SMILES string of the molecule is O=C(CCCN1C(=O)c2ccccc2C1=O)NCCc1[nH]cnc1-c1cccs1. The minimum atomic E-state index is -0.286. The molecule has 0 saturated carbocycles. The van der Waals surface area contributed by atoms with E-state index in [1.165, 1.54) is 4.90 Å². The fourth-order valence-corrected chi connectivity index (χ4v) is 4.14. The molecule has 3 aromatic rings. The van der Waals surface area contributed by atoms with Crippen LogP contribution in [0.1, 0.15) is 39.3 Å². The first kappa shape index (κ1) is 19.1. The molecule has 1 aromatic carbocycles. The lowest BCUT2D eigenvalue weighted by atomic mass is 10.1. The number of carbonyl (C=O) groups excluding carboxylic acids is 3. The Balaban J connectivity index is 1.21. The van der Waals surface area contributed by atoms with Crippen molar-refractivity contribution < 1.29 is 14.4 Å². The molecule has 3 amide bonds. The minimum absolute atomic E-state index is 0.0983. The fourth-order valence-electron chi connectivity index (χ4n) is 3.39. The number of rotatable bonds is 8. The number of thiophene rings is 1. The van der Waals surface area contributed by atoms with Crippen LogP contribution < -0.4 is 5.32 Å². The second-order valence-corrected chi connectivity index (χ2v) is 7.67. The number of hydrogen-bond donors (Lipinski definition) is 2. The summed E-state index contributed by atoms with van der Waals surface area (Å²) in [6, 6.07) is 10.8. The standard InChI is InChI=1S/C21H20N4O3S/c26-18(22-10-9-16-19(24-13-23-16)17-7-4-12-29-17)8-3-11-25-20(27)14-5-1-2-6-15(14)21(25)28/h1-2,4-7,12-13H,3,8-11H2,(H,22,26)(H,23,24). The quantitative estimate of drug-likeness (QED) is 0.560. The van der Waals surface area contributed by atoms with E-state index in [0.717, 1.165) is 16.3 Å². The number of fused-ring (bicyclic) bond motifs is 1. The highest BCUT2D eigenvalue weighted by Crippen LogP contribution is 2.25. The van der Waals surface area contributed by atoms with E-state index in [1.54, 1.807) is 41.9 Å². The Labute approximate surface area is 171 Å². The van der Waals surface area contributed by atoms with Crippen molar-refractivity contribution in [2.45, 2.75) is 19.3 Å². The molecule has 0 saturated heterocycles. The van der Waals surface area contributed by atoms with Gasteiger partial charge in [-0.15, -0.1) is 11.3 Å². The van der Waals surface area contributed by atoms with E-state index in [0.29, 0.717) is 30.5 Å². The van der Waals surface area contributed by atoms with Gasteiger partial charge in [0.2, 0.25) is 5.91 Å². The lowest BCUT2D eigenvalue weighted by Gasteiger charge is -2.13. The van der Waals surface area contributed by atoms with Crippen LogP contribution in [0.25, 0.3) is 10.6 Å². The molecule has 2 N–H and O–H groups in total. The summed E-state index contributed by atoms with van der Waals surface area (Å²) in [7, 11) is 0. The monoisotopic (exact) mass is 408 g/mol. The third-order valence-electron chi connectivity index (χ3n) is 4.83. The van der Waals surface area contributed by atoms with Gasteiger partial charge in [0.05, 0.1) is 22.3 Å². The van der Waals surface area contributed by atoms with E-state index >= 15 is 0 Å². The lowest BCUT2D eigenvalue weighted by molar-refractivity contribution is -0.121. The van der Waals surface area contributed by atoms with Crippen molar-refractivity contribution in [1.82, 2.24) is 20.2 Å². The van der Waals surface area contributed by atoms with Crippen LogP contribution in [0.2, 0.25) is 0 Å². The second-order valence-electron chi connectivity index (χ2n) is 6.72. The summed E-state index contributed by atoms with van der Waals surface area (Å²) in [5, 5.41) is 4.89. The van der Waals surface area contributed by atoms with Gasteiger partial charge in [-0.25, -0.2) is 4.98 Å². The van der Waals surface area contributed by atoms with Gasteiger partial charge in [0.15, 0.2) is 0 Å². The fraction of sp³-hybridized carbons (Fsp3) is 0.238. The van der Waals surface area contributed by atoms with E-state index < -0.39 is 0 Å². The molecule has 3 heterocycles. The van der Waals surface area contributed by atoms with Gasteiger partial charge in [0.1, 0.15) is 5.69 Å². The number of imidazole rings is 1. The van der Waals surface area contributed by atoms with Gasteiger partial charge in [-0.2, -0.15) is 0 Å². The van der Waals surface area contributed by atoms with Crippen molar-refractivity contribution in [3.8, 4) is 10.6 Å². The Morgan fingerprint density at radius 2 is 1.86 bits per heavy atom. The summed E-state index contributed by atoms with van der Waals surface area (Å²) >= 11 is 1.62. The first-order valence-electron chi connectivity index (χ1n) is 9.43. The smallest absolute Gasteiger partial charge is 0.261 e. The largest absolute Gasteiger partial charge is 0.356 e. The highest BCUT2D eigenvalue weighted by Gasteiger charge is 2.34. The minimum Gasteiger partial charge on any atom is -0.356 e. The highest BCUT2D eigenvalue weighted by molar-refractivity contribution is 7.13. The molecule has 0 spiro atoms. The van der Waals surface area contributed by atoms with Crippen LogP contribution >= 0.6 is 11.3 Å². The van der Waals surface area contributed by atoms with E-state index in [2.05, 4.69) is 15.3 Å². The Bertz CT molecular complexity index is 1010. The molecule has 4 rings (SSSR count). The molecule has 29 heavy (non-hydrogen) atoms. The Hall–Kier alpha value is -3.26. The number of aromatic amines is 1. The van der Waals surface area contributed by atoms with Gasteiger partial charge in [-0.1, -0.05) is 18.2 Å². The number of aromatic nitrogens is 2. The molecule has 148 valence electrons. The number of nitrogens with one attached hydrogen (secondary N) is 2. The average Bonchev–Trinajstić information content (AvgIpc) is 3.45. The number of carbonyl (C=O) groups is 3. The number of amides is 3. The molecule has 1 aliphatic heterocycles. The van der Waals surface area contributed by atoms with Crippen molar-refractivity contribution >= 4 is 29.1 Å². The van der Waals surface area contributed by atoms with Gasteiger partial charge in [-0.3, -0.25) is 19.3 Å². The Morgan fingerprint density at radius 3 is 2.55 bits per heavy atom. The number of imide groups is 1. The van der Waals surface area contributed by atoms with Crippen molar-refractivity contribution in [3.05, 3.63) is 64.9 Å². The van der Waals surface area contributed by atoms with Crippen molar-refractivity contribution in [1.29, 1.82) is 0 Å².